The van der Waals surface area contributed by atoms with Gasteiger partial charge in [0.05, 0.1) is 12.0 Å². The Kier molecular flexibility index (Phi) is 5.80. The van der Waals surface area contributed by atoms with Crippen LogP contribution >= 0.6 is 0 Å². The maximum atomic E-state index is 12.9. The zero-order valence-electron chi connectivity index (χ0n) is 15.1. The van der Waals surface area contributed by atoms with Crippen molar-refractivity contribution in [2.24, 2.45) is 5.41 Å². The lowest BCUT2D eigenvalue weighted by Crippen LogP contribution is -2.47. The zero-order valence-corrected chi connectivity index (χ0v) is 15.1. The number of nitrogens with zero attached hydrogens (tertiary/aromatic N) is 2. The predicted molar refractivity (Wildman–Crippen MR) is 98.3 cm³/mol. The van der Waals surface area contributed by atoms with Gasteiger partial charge in [0.2, 0.25) is 5.91 Å². The number of amides is 1. The Morgan fingerprint density at radius 2 is 2.00 bits per heavy atom. The van der Waals surface area contributed by atoms with Gasteiger partial charge in [0, 0.05) is 25.2 Å². The van der Waals surface area contributed by atoms with Crippen LogP contribution in [0.1, 0.15) is 18.4 Å². The van der Waals surface area contributed by atoms with Gasteiger partial charge in [-0.25, -0.2) is 9.97 Å². The third-order valence-corrected chi connectivity index (χ3v) is 4.66. The summed E-state index contributed by atoms with van der Waals surface area (Å²) >= 11 is 0. The summed E-state index contributed by atoms with van der Waals surface area (Å²) in [5.74, 6) is 0.629. The van der Waals surface area contributed by atoms with Gasteiger partial charge in [-0.1, -0.05) is 0 Å². The Bertz CT molecular complexity index is 740. The highest BCUT2D eigenvalue weighted by atomic mass is 16.5. The van der Waals surface area contributed by atoms with Crippen LogP contribution in [0.5, 0.6) is 11.8 Å². The summed E-state index contributed by atoms with van der Waals surface area (Å²) in [7, 11) is 1.64. The number of methoxy groups -OCH3 is 1. The molecule has 2 N–H and O–H groups in total. The minimum absolute atomic E-state index is 0.00371. The first-order valence-corrected chi connectivity index (χ1v) is 8.70. The molecule has 0 atom stereocenters. The van der Waals surface area contributed by atoms with Crippen LogP contribution < -0.4 is 15.4 Å². The molecule has 1 aromatic heterocycles. The largest absolute Gasteiger partial charge is 0.424 e. The average Bonchev–Trinajstić information content (AvgIpc) is 2.66. The molecule has 7 heteroatoms. The van der Waals surface area contributed by atoms with Crippen LogP contribution in [-0.2, 0) is 9.53 Å². The molecule has 2 heterocycles. The van der Waals surface area contributed by atoms with E-state index in [1.165, 1.54) is 0 Å². The van der Waals surface area contributed by atoms with Gasteiger partial charge in [-0.15, -0.1) is 0 Å². The molecule has 1 fully saturated rings. The molecule has 0 unspecified atom stereocenters. The van der Waals surface area contributed by atoms with Crippen LogP contribution in [0.4, 0.5) is 5.69 Å². The van der Waals surface area contributed by atoms with Crippen molar-refractivity contribution >= 4 is 11.6 Å². The van der Waals surface area contributed by atoms with Crippen molar-refractivity contribution in [2.45, 2.75) is 19.8 Å². The van der Waals surface area contributed by atoms with Gasteiger partial charge in [-0.05, 0) is 62.7 Å². The average molecular weight is 356 g/mol. The summed E-state index contributed by atoms with van der Waals surface area (Å²) in [6.45, 7) is 3.99. The van der Waals surface area contributed by atoms with Gasteiger partial charge in [0.1, 0.15) is 5.75 Å². The molecule has 0 aliphatic carbocycles. The number of ether oxygens (including phenoxy) is 2. The molecule has 2 aromatic rings. The highest BCUT2D eigenvalue weighted by molar-refractivity contribution is 5.96. The first-order valence-electron chi connectivity index (χ1n) is 8.70. The van der Waals surface area contributed by atoms with Crippen LogP contribution in [-0.4, -0.2) is 42.7 Å². The lowest BCUT2D eigenvalue weighted by atomic mass is 9.78. The topological polar surface area (TPSA) is 85.4 Å². The van der Waals surface area contributed by atoms with E-state index in [9.17, 15) is 4.79 Å². The van der Waals surface area contributed by atoms with E-state index >= 15 is 0 Å². The molecule has 1 saturated heterocycles. The van der Waals surface area contributed by atoms with Crippen molar-refractivity contribution in [1.82, 2.24) is 15.3 Å². The smallest absolute Gasteiger partial charge is 0.321 e. The monoisotopic (exact) mass is 356 g/mol. The normalized spacial score (nSPS) is 16.1. The van der Waals surface area contributed by atoms with Crippen molar-refractivity contribution in [3.63, 3.8) is 0 Å². The van der Waals surface area contributed by atoms with Crippen molar-refractivity contribution in [3.05, 3.63) is 42.2 Å². The first-order chi connectivity index (χ1) is 12.6. The fourth-order valence-corrected chi connectivity index (χ4v) is 3.16. The van der Waals surface area contributed by atoms with Crippen LogP contribution in [0.25, 0.3) is 0 Å². The number of rotatable bonds is 6. The van der Waals surface area contributed by atoms with E-state index in [0.29, 0.717) is 12.4 Å². The highest BCUT2D eigenvalue weighted by Gasteiger charge is 2.39. The predicted octanol–water partition coefficient (Wildman–Crippen LogP) is 2.53. The van der Waals surface area contributed by atoms with Crippen LogP contribution in [0, 0.1) is 12.3 Å². The van der Waals surface area contributed by atoms with Gasteiger partial charge in [0.25, 0.3) is 0 Å². The second-order valence-corrected chi connectivity index (χ2v) is 6.53. The van der Waals surface area contributed by atoms with Gasteiger partial charge >= 0.3 is 6.01 Å². The fourth-order valence-electron chi connectivity index (χ4n) is 3.16. The Morgan fingerprint density at radius 1 is 1.27 bits per heavy atom. The summed E-state index contributed by atoms with van der Waals surface area (Å²) in [6, 6.07) is 7.51. The minimum atomic E-state index is -0.487. The summed E-state index contributed by atoms with van der Waals surface area (Å²) in [4.78, 5) is 21.0. The lowest BCUT2D eigenvalue weighted by Gasteiger charge is -2.35. The molecular formula is C19H24N4O3. The SMILES string of the molecule is COCC1(C(=O)Nc2ccc(Oc3ncccn3)cc2C)CCNCC1. The van der Waals surface area contributed by atoms with E-state index in [4.69, 9.17) is 9.47 Å². The molecule has 1 amide bonds. The Hall–Kier alpha value is -2.51. The number of hydrogen-bond donors (Lipinski definition) is 2. The molecule has 0 bridgehead atoms. The van der Waals surface area contributed by atoms with Crippen molar-refractivity contribution < 1.29 is 14.3 Å². The summed E-state index contributed by atoms with van der Waals surface area (Å²) in [6.07, 6.45) is 4.77. The standard InChI is InChI=1S/C19H24N4O3/c1-14-12-15(26-18-21-8-3-9-22-18)4-5-16(14)23-17(24)19(13-25-2)6-10-20-11-7-19/h3-5,8-9,12,20H,6-7,10-11,13H2,1-2H3,(H,23,24). The molecule has 0 radical (unpaired) electrons. The lowest BCUT2D eigenvalue weighted by molar-refractivity contribution is -0.130. The van der Waals surface area contributed by atoms with Crippen molar-refractivity contribution in [2.75, 3.05) is 32.1 Å². The molecule has 1 aliphatic rings. The van der Waals surface area contributed by atoms with E-state index in [2.05, 4.69) is 20.6 Å². The van der Waals surface area contributed by atoms with Crippen molar-refractivity contribution in [3.8, 4) is 11.8 Å². The first kappa shape index (κ1) is 18.3. The zero-order chi connectivity index (χ0) is 18.4. The van der Waals surface area contributed by atoms with Crippen LogP contribution in [0.3, 0.4) is 0 Å². The van der Waals surface area contributed by atoms with E-state index in [-0.39, 0.29) is 11.9 Å². The van der Waals surface area contributed by atoms with Gasteiger partial charge < -0.3 is 20.1 Å². The third kappa shape index (κ3) is 4.17. The third-order valence-electron chi connectivity index (χ3n) is 4.66. The van der Waals surface area contributed by atoms with Gasteiger partial charge in [-0.2, -0.15) is 0 Å². The Morgan fingerprint density at radius 3 is 2.65 bits per heavy atom. The maximum Gasteiger partial charge on any atom is 0.321 e. The van der Waals surface area contributed by atoms with Crippen LogP contribution in [0.2, 0.25) is 0 Å². The van der Waals surface area contributed by atoms with Gasteiger partial charge in [-0.3, -0.25) is 4.79 Å². The number of aryl methyl sites for hydroxylation is 1. The van der Waals surface area contributed by atoms with Crippen LogP contribution in [0.15, 0.2) is 36.7 Å². The second-order valence-electron chi connectivity index (χ2n) is 6.53. The molecular weight excluding hydrogens is 332 g/mol. The number of carbonyl (C=O) groups excluding carboxylic acids is 1. The molecule has 0 saturated carbocycles. The number of aromatic nitrogens is 2. The molecule has 138 valence electrons. The number of carbonyl (C=O) groups is 1. The van der Waals surface area contributed by atoms with E-state index in [1.807, 2.05) is 19.1 Å². The molecule has 1 aliphatic heterocycles. The van der Waals surface area contributed by atoms with E-state index in [0.717, 1.165) is 37.2 Å². The summed E-state index contributed by atoms with van der Waals surface area (Å²) < 4.78 is 11.0. The number of anilines is 1. The summed E-state index contributed by atoms with van der Waals surface area (Å²) in [5.41, 5.74) is 1.19. The number of nitrogens with one attached hydrogen (secondary N) is 2. The number of piperidine rings is 1. The molecule has 26 heavy (non-hydrogen) atoms. The quantitative estimate of drug-likeness (QED) is 0.827. The molecule has 3 rings (SSSR count). The van der Waals surface area contributed by atoms with Crippen molar-refractivity contribution in [1.29, 1.82) is 0 Å². The molecule has 0 spiro atoms. The number of hydrogen-bond acceptors (Lipinski definition) is 6. The van der Waals surface area contributed by atoms with E-state index in [1.54, 1.807) is 31.6 Å². The maximum absolute atomic E-state index is 12.9. The number of benzene rings is 1. The Labute approximate surface area is 153 Å². The fraction of sp³-hybridized carbons (Fsp3) is 0.421. The minimum Gasteiger partial charge on any atom is -0.424 e. The molecule has 1 aromatic carbocycles. The van der Waals surface area contributed by atoms with E-state index < -0.39 is 5.41 Å². The second kappa shape index (κ2) is 8.25. The highest BCUT2D eigenvalue weighted by Crippen LogP contribution is 2.32. The molecule has 7 nitrogen and oxygen atoms in total. The Balaban J connectivity index is 1.72. The van der Waals surface area contributed by atoms with Gasteiger partial charge in [0.15, 0.2) is 0 Å². The summed E-state index contributed by atoms with van der Waals surface area (Å²) in [5, 5.41) is 6.36.